The van der Waals surface area contributed by atoms with Crippen molar-refractivity contribution in [2.75, 3.05) is 0 Å². The van der Waals surface area contributed by atoms with E-state index in [4.69, 9.17) is 5.73 Å². The van der Waals surface area contributed by atoms with E-state index in [1.807, 2.05) is 24.3 Å². The Hall–Kier alpha value is -1.27. The minimum Gasteiger partial charge on any atom is -0.369 e. The average molecular weight is 326 g/mol. The van der Waals surface area contributed by atoms with Crippen molar-refractivity contribution in [3.05, 3.63) is 34.9 Å². The monoisotopic (exact) mass is 325 g/mol. The second-order valence-corrected chi connectivity index (χ2v) is 6.02. The molecule has 1 amide bonds. The highest BCUT2D eigenvalue weighted by atomic mass is 79.9. The van der Waals surface area contributed by atoms with Crippen molar-refractivity contribution >= 4 is 33.6 Å². The molecule has 0 bridgehead atoms. The van der Waals surface area contributed by atoms with Gasteiger partial charge in [-0.3, -0.25) is 4.79 Å². The molecule has 0 aliphatic rings. The Balaban J connectivity index is 2.15. The van der Waals surface area contributed by atoms with Crippen molar-refractivity contribution in [2.24, 2.45) is 5.73 Å². The lowest BCUT2D eigenvalue weighted by Gasteiger charge is -2.03. The van der Waals surface area contributed by atoms with Gasteiger partial charge in [-0.05, 0) is 24.6 Å². The third-order valence-electron chi connectivity index (χ3n) is 2.40. The fourth-order valence-corrected chi connectivity index (χ4v) is 2.36. The molecule has 4 nitrogen and oxygen atoms in total. The fraction of sp³-hybridized carbons (Fsp3) is 0.167. The highest BCUT2D eigenvalue weighted by Crippen LogP contribution is 2.25. The number of aromatic amines is 1. The first-order valence-corrected chi connectivity index (χ1v) is 7.00. The number of imidazole rings is 1. The second kappa shape index (κ2) is 5.58. The molecule has 94 valence electrons. The van der Waals surface area contributed by atoms with Crippen molar-refractivity contribution in [3.63, 3.8) is 0 Å². The summed E-state index contributed by atoms with van der Waals surface area (Å²) in [6, 6.07) is 7.91. The van der Waals surface area contributed by atoms with Gasteiger partial charge in [0.05, 0.1) is 17.1 Å². The van der Waals surface area contributed by atoms with Crippen molar-refractivity contribution in [1.29, 1.82) is 0 Å². The van der Waals surface area contributed by atoms with E-state index < -0.39 is 0 Å². The van der Waals surface area contributed by atoms with Crippen LogP contribution in [0.3, 0.4) is 0 Å². The van der Waals surface area contributed by atoms with Gasteiger partial charge in [0.1, 0.15) is 0 Å². The smallest absolute Gasteiger partial charge is 0.230 e. The Morgan fingerprint density at radius 3 is 2.72 bits per heavy atom. The number of carbonyl (C=O) groups excluding carboxylic acids is 1. The number of aromatic nitrogens is 2. The second-order valence-electron chi connectivity index (χ2n) is 3.77. The minimum atomic E-state index is -0.346. The normalized spacial score (nSPS) is 12.3. The van der Waals surface area contributed by atoms with Gasteiger partial charge >= 0.3 is 0 Å². The molecule has 18 heavy (non-hydrogen) atoms. The van der Waals surface area contributed by atoms with Crippen molar-refractivity contribution in [1.82, 2.24) is 9.97 Å². The van der Waals surface area contributed by atoms with Crippen LogP contribution in [0.5, 0.6) is 0 Å². The van der Waals surface area contributed by atoms with Gasteiger partial charge in [-0.1, -0.05) is 39.8 Å². The topological polar surface area (TPSA) is 71.8 Å². The summed E-state index contributed by atoms with van der Waals surface area (Å²) in [6.45, 7) is 1.76. The van der Waals surface area contributed by atoms with E-state index in [1.54, 1.807) is 13.1 Å². The molecule has 0 saturated heterocycles. The number of nitrogens with one attached hydrogen (secondary N) is 1. The maximum atomic E-state index is 11.0. The molecule has 2 rings (SSSR count). The van der Waals surface area contributed by atoms with Crippen molar-refractivity contribution < 1.29 is 4.79 Å². The SMILES string of the molecule is CC(Sc1ncc(-c2ccc(Br)cc2)[nH]1)C(N)=O. The average Bonchev–Trinajstić information content (AvgIpc) is 2.78. The Bertz CT molecular complexity index is 553. The fourth-order valence-electron chi connectivity index (χ4n) is 1.36. The lowest BCUT2D eigenvalue weighted by atomic mass is 10.2. The molecule has 0 spiro atoms. The molecule has 1 aromatic heterocycles. The van der Waals surface area contributed by atoms with Gasteiger partial charge in [-0.15, -0.1) is 0 Å². The lowest BCUT2D eigenvalue weighted by molar-refractivity contribution is -0.117. The number of nitrogens with two attached hydrogens (primary N) is 1. The first-order valence-electron chi connectivity index (χ1n) is 5.33. The number of benzene rings is 1. The molecule has 1 unspecified atom stereocenters. The van der Waals surface area contributed by atoms with Gasteiger partial charge in [-0.25, -0.2) is 4.98 Å². The number of hydrogen-bond acceptors (Lipinski definition) is 3. The first-order chi connectivity index (χ1) is 8.56. The van der Waals surface area contributed by atoms with Gasteiger partial charge in [0.15, 0.2) is 5.16 Å². The van der Waals surface area contributed by atoms with Gasteiger partial charge in [0.2, 0.25) is 5.91 Å². The van der Waals surface area contributed by atoms with Crippen LogP contribution in [0.2, 0.25) is 0 Å². The van der Waals surface area contributed by atoms with Crippen molar-refractivity contribution in [2.45, 2.75) is 17.3 Å². The number of thioether (sulfide) groups is 1. The highest BCUT2D eigenvalue weighted by Gasteiger charge is 2.13. The molecular weight excluding hydrogens is 314 g/mol. The maximum Gasteiger partial charge on any atom is 0.230 e. The molecule has 3 N–H and O–H groups in total. The summed E-state index contributed by atoms with van der Waals surface area (Å²) >= 11 is 4.71. The van der Waals surface area contributed by atoms with E-state index in [1.165, 1.54) is 11.8 Å². The number of nitrogens with zero attached hydrogens (tertiary/aromatic N) is 1. The zero-order valence-corrected chi connectivity index (χ0v) is 12.1. The third kappa shape index (κ3) is 3.14. The number of primary amides is 1. The molecule has 2 aromatic rings. The molecule has 0 fully saturated rings. The van der Waals surface area contributed by atoms with Crippen LogP contribution >= 0.6 is 27.7 Å². The predicted molar refractivity (Wildman–Crippen MR) is 76.2 cm³/mol. The molecule has 1 heterocycles. The number of carbonyl (C=O) groups is 1. The van der Waals surface area contributed by atoms with E-state index in [0.717, 1.165) is 15.7 Å². The summed E-state index contributed by atoms with van der Waals surface area (Å²) in [7, 11) is 0. The Morgan fingerprint density at radius 1 is 1.44 bits per heavy atom. The number of hydrogen-bond donors (Lipinski definition) is 2. The van der Waals surface area contributed by atoms with E-state index in [2.05, 4.69) is 25.9 Å². The number of rotatable bonds is 4. The van der Waals surface area contributed by atoms with E-state index >= 15 is 0 Å². The number of halogens is 1. The summed E-state index contributed by atoms with van der Waals surface area (Å²) < 4.78 is 1.03. The summed E-state index contributed by atoms with van der Waals surface area (Å²) in [6.07, 6.45) is 1.75. The van der Waals surface area contributed by atoms with Crippen LogP contribution in [0.25, 0.3) is 11.3 Å². The van der Waals surface area contributed by atoms with Gasteiger partial charge < -0.3 is 10.7 Å². The summed E-state index contributed by atoms with van der Waals surface area (Å²) in [5.74, 6) is -0.346. The van der Waals surface area contributed by atoms with Gasteiger partial charge in [-0.2, -0.15) is 0 Å². The quantitative estimate of drug-likeness (QED) is 0.849. The zero-order valence-electron chi connectivity index (χ0n) is 9.68. The first kappa shape index (κ1) is 13.2. The molecule has 0 aliphatic carbocycles. The van der Waals surface area contributed by atoms with Crippen LogP contribution in [0.15, 0.2) is 40.1 Å². The standard InChI is InChI=1S/C12H12BrN3OS/c1-7(11(14)17)18-12-15-6-10(16-12)8-2-4-9(13)5-3-8/h2-7H,1H3,(H2,14,17)(H,15,16). The van der Waals surface area contributed by atoms with Crippen LogP contribution in [0.1, 0.15) is 6.92 Å². The highest BCUT2D eigenvalue weighted by molar-refractivity contribution is 9.10. The molecule has 6 heteroatoms. The van der Waals surface area contributed by atoms with Crippen molar-refractivity contribution in [3.8, 4) is 11.3 Å². The maximum absolute atomic E-state index is 11.0. The molecule has 0 radical (unpaired) electrons. The number of amides is 1. The summed E-state index contributed by atoms with van der Waals surface area (Å²) in [5, 5.41) is 0.396. The van der Waals surface area contributed by atoms with Crippen LogP contribution in [-0.4, -0.2) is 21.1 Å². The van der Waals surface area contributed by atoms with Gasteiger partial charge in [0.25, 0.3) is 0 Å². The zero-order chi connectivity index (χ0) is 13.1. The summed E-state index contributed by atoms with van der Waals surface area (Å²) in [5.41, 5.74) is 7.18. The predicted octanol–water partition coefficient (Wildman–Crippen LogP) is 2.81. The van der Waals surface area contributed by atoms with E-state index in [9.17, 15) is 4.79 Å². The van der Waals surface area contributed by atoms with E-state index in [0.29, 0.717) is 5.16 Å². The molecule has 1 atom stereocenters. The molecule has 0 saturated carbocycles. The third-order valence-corrected chi connectivity index (χ3v) is 3.94. The van der Waals surface area contributed by atoms with E-state index in [-0.39, 0.29) is 11.2 Å². The molecule has 1 aromatic carbocycles. The molecule has 0 aliphatic heterocycles. The summed E-state index contributed by atoms with van der Waals surface area (Å²) in [4.78, 5) is 18.4. The largest absolute Gasteiger partial charge is 0.369 e. The Kier molecular flexibility index (Phi) is 4.08. The Labute approximate surface area is 118 Å². The lowest BCUT2D eigenvalue weighted by Crippen LogP contribution is -2.22. The number of H-pyrrole nitrogens is 1. The van der Waals surface area contributed by atoms with Crippen LogP contribution in [0, 0.1) is 0 Å². The minimum absolute atomic E-state index is 0.297. The van der Waals surface area contributed by atoms with Crippen LogP contribution in [0.4, 0.5) is 0 Å². The van der Waals surface area contributed by atoms with Gasteiger partial charge in [0, 0.05) is 4.47 Å². The molecular formula is C12H12BrN3OS. The Morgan fingerprint density at radius 2 is 2.11 bits per heavy atom. The van der Waals surface area contributed by atoms with Crippen LogP contribution < -0.4 is 5.73 Å². The van der Waals surface area contributed by atoms with Crippen LogP contribution in [-0.2, 0) is 4.79 Å².